The lowest BCUT2D eigenvalue weighted by Crippen LogP contribution is -2.59. The molecule has 0 aromatic heterocycles. The summed E-state index contributed by atoms with van der Waals surface area (Å²) in [7, 11) is 0. The van der Waals surface area contributed by atoms with Crippen LogP contribution in [0.15, 0.2) is 18.2 Å². The van der Waals surface area contributed by atoms with Crippen LogP contribution in [0.5, 0.6) is 0 Å². The summed E-state index contributed by atoms with van der Waals surface area (Å²) in [5, 5.41) is 3.00. The Morgan fingerprint density at radius 2 is 1.96 bits per heavy atom. The van der Waals surface area contributed by atoms with Crippen LogP contribution in [-0.4, -0.2) is 60.1 Å². The molecule has 6 nitrogen and oxygen atoms in total. The van der Waals surface area contributed by atoms with Crippen molar-refractivity contribution in [3.05, 3.63) is 29.3 Å². The molecule has 2 saturated heterocycles. The van der Waals surface area contributed by atoms with Gasteiger partial charge in [-0.1, -0.05) is 6.07 Å². The summed E-state index contributed by atoms with van der Waals surface area (Å²) >= 11 is 0. The zero-order valence-electron chi connectivity index (χ0n) is 16.0. The summed E-state index contributed by atoms with van der Waals surface area (Å²) < 4.78 is 5.52. The van der Waals surface area contributed by atoms with E-state index in [-0.39, 0.29) is 17.5 Å². The molecule has 0 atom stereocenters. The standard InChI is InChI=1S/C20H29N3O3/c1-4-23-18(24)7-10-22(14-20(23)8-11-26-12-9-20)19(25)21-17-6-5-15(2)16(3)13-17/h5-6,13H,4,7-12,14H2,1-3H3,(H,21,25). The zero-order chi connectivity index (χ0) is 18.7. The van der Waals surface area contributed by atoms with E-state index in [1.807, 2.05) is 36.9 Å². The Bertz CT molecular complexity index is 683. The SMILES string of the molecule is CCN1C(=O)CCN(C(=O)Nc2ccc(C)c(C)c2)CC12CCOCC2. The number of hydrogen-bond acceptors (Lipinski definition) is 3. The lowest BCUT2D eigenvalue weighted by Gasteiger charge is -2.46. The third-order valence-electron chi connectivity index (χ3n) is 5.74. The van der Waals surface area contributed by atoms with Crippen molar-refractivity contribution >= 4 is 17.6 Å². The van der Waals surface area contributed by atoms with Crippen LogP contribution in [0.1, 0.15) is 37.3 Å². The Morgan fingerprint density at radius 3 is 2.62 bits per heavy atom. The van der Waals surface area contributed by atoms with E-state index in [2.05, 4.69) is 12.2 Å². The van der Waals surface area contributed by atoms with Crippen LogP contribution >= 0.6 is 0 Å². The summed E-state index contributed by atoms with van der Waals surface area (Å²) in [6.45, 7) is 9.06. The minimum absolute atomic E-state index is 0.134. The van der Waals surface area contributed by atoms with Crippen molar-refractivity contribution in [2.75, 3.05) is 38.2 Å². The Balaban J connectivity index is 1.79. The van der Waals surface area contributed by atoms with Crippen molar-refractivity contribution in [1.82, 2.24) is 9.80 Å². The molecule has 142 valence electrons. The summed E-state index contributed by atoms with van der Waals surface area (Å²) in [5.74, 6) is 0.135. The third-order valence-corrected chi connectivity index (χ3v) is 5.74. The molecule has 3 rings (SSSR count). The number of benzene rings is 1. The van der Waals surface area contributed by atoms with Crippen LogP contribution in [0.2, 0.25) is 0 Å². The van der Waals surface area contributed by atoms with Gasteiger partial charge in [0.25, 0.3) is 0 Å². The van der Waals surface area contributed by atoms with E-state index < -0.39 is 0 Å². The van der Waals surface area contributed by atoms with Gasteiger partial charge in [-0.05, 0) is 56.9 Å². The number of likely N-dealkylation sites (N-methyl/N-ethyl adjacent to an activating group) is 1. The average Bonchev–Trinajstić information content (AvgIpc) is 2.75. The van der Waals surface area contributed by atoms with E-state index in [1.54, 1.807) is 4.90 Å². The van der Waals surface area contributed by atoms with Crippen LogP contribution in [-0.2, 0) is 9.53 Å². The number of hydrogen-bond donors (Lipinski definition) is 1. The summed E-state index contributed by atoms with van der Waals surface area (Å²) in [6.07, 6.45) is 1.93. The Kier molecular flexibility index (Phi) is 5.51. The average molecular weight is 359 g/mol. The normalized spacial score (nSPS) is 20.2. The molecule has 0 aliphatic carbocycles. The summed E-state index contributed by atoms with van der Waals surface area (Å²) in [5.41, 5.74) is 2.83. The molecule has 0 radical (unpaired) electrons. The molecule has 2 heterocycles. The molecular formula is C20H29N3O3. The topological polar surface area (TPSA) is 61.9 Å². The smallest absolute Gasteiger partial charge is 0.321 e. The highest BCUT2D eigenvalue weighted by atomic mass is 16.5. The fourth-order valence-corrected chi connectivity index (χ4v) is 4.04. The monoisotopic (exact) mass is 359 g/mol. The Hall–Kier alpha value is -2.08. The molecule has 1 aromatic rings. The molecule has 2 fully saturated rings. The van der Waals surface area contributed by atoms with Gasteiger partial charge in [0.05, 0.1) is 5.54 Å². The number of rotatable bonds is 2. The zero-order valence-corrected chi connectivity index (χ0v) is 16.0. The number of nitrogens with zero attached hydrogens (tertiary/aromatic N) is 2. The van der Waals surface area contributed by atoms with Crippen molar-refractivity contribution < 1.29 is 14.3 Å². The van der Waals surface area contributed by atoms with Crippen LogP contribution in [0, 0.1) is 13.8 Å². The molecule has 0 saturated carbocycles. The van der Waals surface area contributed by atoms with Crippen LogP contribution in [0.25, 0.3) is 0 Å². The van der Waals surface area contributed by atoms with Gasteiger partial charge in [-0.2, -0.15) is 0 Å². The van der Waals surface area contributed by atoms with Crippen molar-refractivity contribution in [2.45, 2.75) is 45.6 Å². The predicted molar refractivity (Wildman–Crippen MR) is 101 cm³/mol. The molecule has 0 unspecified atom stereocenters. The highest BCUT2D eigenvalue weighted by Gasteiger charge is 2.44. The molecule has 3 amide bonds. The van der Waals surface area contributed by atoms with Crippen LogP contribution in [0.4, 0.5) is 10.5 Å². The summed E-state index contributed by atoms with van der Waals surface area (Å²) in [6, 6.07) is 5.78. The number of carbonyl (C=O) groups is 2. The maximum absolute atomic E-state index is 12.9. The highest BCUT2D eigenvalue weighted by Crippen LogP contribution is 2.32. The molecular weight excluding hydrogens is 330 g/mol. The lowest BCUT2D eigenvalue weighted by molar-refractivity contribution is -0.139. The first-order valence-corrected chi connectivity index (χ1v) is 9.46. The van der Waals surface area contributed by atoms with Gasteiger partial charge in [-0.25, -0.2) is 4.79 Å². The minimum Gasteiger partial charge on any atom is -0.381 e. The number of ether oxygens (including phenoxy) is 1. The maximum Gasteiger partial charge on any atom is 0.321 e. The van der Waals surface area contributed by atoms with Gasteiger partial charge in [0, 0.05) is 45.0 Å². The van der Waals surface area contributed by atoms with E-state index in [1.165, 1.54) is 5.56 Å². The van der Waals surface area contributed by atoms with Crippen LogP contribution in [0.3, 0.4) is 0 Å². The van der Waals surface area contributed by atoms with E-state index in [0.29, 0.717) is 39.3 Å². The fourth-order valence-electron chi connectivity index (χ4n) is 4.04. The Labute approximate surface area is 155 Å². The molecule has 1 spiro atoms. The second kappa shape index (κ2) is 7.66. The number of nitrogens with one attached hydrogen (secondary N) is 1. The number of urea groups is 1. The Morgan fingerprint density at radius 1 is 1.23 bits per heavy atom. The summed E-state index contributed by atoms with van der Waals surface area (Å²) in [4.78, 5) is 29.3. The van der Waals surface area contributed by atoms with E-state index >= 15 is 0 Å². The van der Waals surface area contributed by atoms with Crippen molar-refractivity contribution in [1.29, 1.82) is 0 Å². The van der Waals surface area contributed by atoms with Crippen molar-refractivity contribution in [3.8, 4) is 0 Å². The second-order valence-corrected chi connectivity index (χ2v) is 7.38. The van der Waals surface area contributed by atoms with Gasteiger partial charge < -0.3 is 19.9 Å². The van der Waals surface area contributed by atoms with Crippen molar-refractivity contribution in [3.63, 3.8) is 0 Å². The van der Waals surface area contributed by atoms with Crippen molar-refractivity contribution in [2.24, 2.45) is 0 Å². The first-order chi connectivity index (χ1) is 12.4. The van der Waals surface area contributed by atoms with E-state index in [4.69, 9.17) is 4.74 Å². The fraction of sp³-hybridized carbons (Fsp3) is 0.600. The quantitative estimate of drug-likeness (QED) is 0.883. The van der Waals surface area contributed by atoms with Crippen LogP contribution < -0.4 is 5.32 Å². The third kappa shape index (κ3) is 3.70. The van der Waals surface area contributed by atoms with Gasteiger partial charge >= 0.3 is 6.03 Å². The molecule has 26 heavy (non-hydrogen) atoms. The first-order valence-electron chi connectivity index (χ1n) is 9.46. The molecule has 1 N–H and O–H groups in total. The maximum atomic E-state index is 12.9. The number of anilines is 1. The first kappa shape index (κ1) is 18.7. The highest BCUT2D eigenvalue weighted by molar-refractivity contribution is 5.90. The number of carbonyl (C=O) groups excluding carboxylic acids is 2. The largest absolute Gasteiger partial charge is 0.381 e. The van der Waals surface area contributed by atoms with E-state index in [9.17, 15) is 9.59 Å². The molecule has 6 heteroatoms. The van der Waals surface area contributed by atoms with Gasteiger partial charge in [0.15, 0.2) is 0 Å². The molecule has 2 aliphatic heterocycles. The van der Waals surface area contributed by atoms with Gasteiger partial charge in [0.2, 0.25) is 5.91 Å². The van der Waals surface area contributed by atoms with Gasteiger partial charge in [-0.3, -0.25) is 4.79 Å². The van der Waals surface area contributed by atoms with Gasteiger partial charge in [0.1, 0.15) is 0 Å². The molecule has 1 aromatic carbocycles. The number of aryl methyl sites for hydroxylation is 2. The lowest BCUT2D eigenvalue weighted by atomic mass is 9.87. The molecule has 2 aliphatic rings. The van der Waals surface area contributed by atoms with E-state index in [0.717, 1.165) is 24.1 Å². The predicted octanol–water partition coefficient (Wildman–Crippen LogP) is 2.94. The van der Waals surface area contributed by atoms with Gasteiger partial charge in [-0.15, -0.1) is 0 Å². The second-order valence-electron chi connectivity index (χ2n) is 7.38. The number of amides is 3. The molecule has 0 bridgehead atoms. The minimum atomic E-state index is -0.304.